The monoisotopic (exact) mass is 212 g/mol. The van der Waals surface area contributed by atoms with Gasteiger partial charge < -0.3 is 5.73 Å². The van der Waals surface area contributed by atoms with Gasteiger partial charge in [-0.15, -0.1) is 0 Å². The number of rotatable bonds is 1. The molecule has 0 aliphatic rings. The van der Waals surface area contributed by atoms with Crippen LogP contribution >= 0.6 is 0 Å². The van der Waals surface area contributed by atoms with Gasteiger partial charge in [-0.05, 0) is 43.5 Å². The lowest BCUT2D eigenvalue weighted by Crippen LogP contribution is -1.94. The SMILES string of the molecule is Cc1ccc(C)c(-c2cnc(N)c(C)c2)c1. The predicted octanol–water partition coefficient (Wildman–Crippen LogP) is 3.26. The number of hydrogen-bond acceptors (Lipinski definition) is 2. The highest BCUT2D eigenvalue weighted by molar-refractivity contribution is 5.69. The number of nitrogen functional groups attached to an aromatic ring is 1. The molecule has 2 rings (SSSR count). The standard InChI is InChI=1S/C14H16N2/c1-9-4-5-10(2)13(6-9)12-7-11(3)14(15)16-8-12/h4-8H,1-3H3,(H2,15,16). The van der Waals surface area contributed by atoms with Gasteiger partial charge in [-0.3, -0.25) is 0 Å². The molecule has 1 aromatic carbocycles. The summed E-state index contributed by atoms with van der Waals surface area (Å²) in [5, 5.41) is 0. The van der Waals surface area contributed by atoms with Crippen LogP contribution in [0.15, 0.2) is 30.5 Å². The summed E-state index contributed by atoms with van der Waals surface area (Å²) in [6.45, 7) is 6.19. The van der Waals surface area contributed by atoms with E-state index < -0.39 is 0 Å². The molecule has 0 aliphatic heterocycles. The first-order valence-electron chi connectivity index (χ1n) is 5.37. The van der Waals surface area contributed by atoms with E-state index in [-0.39, 0.29) is 0 Å². The predicted molar refractivity (Wildman–Crippen MR) is 68.3 cm³/mol. The third-order valence-electron chi connectivity index (χ3n) is 2.82. The molecule has 2 nitrogen and oxygen atoms in total. The molecular formula is C14H16N2. The quantitative estimate of drug-likeness (QED) is 0.788. The van der Waals surface area contributed by atoms with Gasteiger partial charge in [0, 0.05) is 11.8 Å². The summed E-state index contributed by atoms with van der Waals surface area (Å²) < 4.78 is 0. The fourth-order valence-corrected chi connectivity index (χ4v) is 1.78. The smallest absolute Gasteiger partial charge is 0.126 e. The molecule has 1 aromatic heterocycles. The molecule has 0 radical (unpaired) electrons. The molecule has 0 unspecified atom stereocenters. The van der Waals surface area contributed by atoms with Crippen LogP contribution in [0.2, 0.25) is 0 Å². The van der Waals surface area contributed by atoms with Gasteiger partial charge >= 0.3 is 0 Å². The van der Waals surface area contributed by atoms with Crippen LogP contribution in [0, 0.1) is 20.8 Å². The molecule has 0 saturated heterocycles. The number of anilines is 1. The second-order valence-electron chi connectivity index (χ2n) is 4.24. The first-order chi connectivity index (χ1) is 7.58. The summed E-state index contributed by atoms with van der Waals surface area (Å²) in [5.41, 5.74) is 11.6. The average molecular weight is 212 g/mol. The van der Waals surface area contributed by atoms with Crippen molar-refractivity contribution in [1.29, 1.82) is 0 Å². The van der Waals surface area contributed by atoms with Crippen molar-refractivity contribution in [2.45, 2.75) is 20.8 Å². The number of aromatic nitrogens is 1. The minimum atomic E-state index is 0.606. The molecule has 16 heavy (non-hydrogen) atoms. The number of nitrogens with zero attached hydrogens (tertiary/aromatic N) is 1. The first-order valence-corrected chi connectivity index (χ1v) is 5.37. The number of benzene rings is 1. The Morgan fingerprint density at radius 3 is 2.44 bits per heavy atom. The Balaban J connectivity index is 2.58. The van der Waals surface area contributed by atoms with Crippen molar-refractivity contribution >= 4 is 5.82 Å². The largest absolute Gasteiger partial charge is 0.383 e. The molecule has 0 atom stereocenters. The average Bonchev–Trinajstić information content (AvgIpc) is 2.26. The zero-order valence-corrected chi connectivity index (χ0v) is 9.91. The van der Waals surface area contributed by atoms with Crippen molar-refractivity contribution in [2.75, 3.05) is 5.73 Å². The van der Waals surface area contributed by atoms with Gasteiger partial charge in [-0.2, -0.15) is 0 Å². The number of hydrogen-bond donors (Lipinski definition) is 1. The Labute approximate surface area is 96.1 Å². The number of pyridine rings is 1. The van der Waals surface area contributed by atoms with Crippen molar-refractivity contribution in [3.05, 3.63) is 47.2 Å². The van der Waals surface area contributed by atoms with Crippen molar-refractivity contribution in [1.82, 2.24) is 4.98 Å². The van der Waals surface area contributed by atoms with Crippen molar-refractivity contribution in [3.63, 3.8) is 0 Å². The van der Waals surface area contributed by atoms with Crippen LogP contribution in [0.3, 0.4) is 0 Å². The van der Waals surface area contributed by atoms with Gasteiger partial charge in [0.25, 0.3) is 0 Å². The third-order valence-corrected chi connectivity index (χ3v) is 2.82. The fourth-order valence-electron chi connectivity index (χ4n) is 1.78. The van der Waals surface area contributed by atoms with E-state index in [1.807, 2.05) is 13.1 Å². The molecule has 1 heterocycles. The summed E-state index contributed by atoms with van der Waals surface area (Å²) in [6, 6.07) is 8.53. The van der Waals surface area contributed by atoms with E-state index in [1.54, 1.807) is 0 Å². The molecule has 0 aliphatic carbocycles. The lowest BCUT2D eigenvalue weighted by Gasteiger charge is -2.08. The van der Waals surface area contributed by atoms with E-state index in [9.17, 15) is 0 Å². The van der Waals surface area contributed by atoms with Gasteiger partial charge in [-0.1, -0.05) is 23.8 Å². The molecule has 0 fully saturated rings. The minimum absolute atomic E-state index is 0.606. The highest BCUT2D eigenvalue weighted by Crippen LogP contribution is 2.25. The second kappa shape index (κ2) is 3.97. The molecule has 2 aromatic rings. The Morgan fingerprint density at radius 1 is 1.00 bits per heavy atom. The number of nitrogens with two attached hydrogens (primary N) is 1. The van der Waals surface area contributed by atoms with E-state index in [1.165, 1.54) is 16.7 Å². The minimum Gasteiger partial charge on any atom is -0.383 e. The van der Waals surface area contributed by atoms with Crippen molar-refractivity contribution in [2.24, 2.45) is 0 Å². The molecule has 0 amide bonds. The zero-order valence-electron chi connectivity index (χ0n) is 9.91. The first kappa shape index (κ1) is 10.7. The summed E-state index contributed by atoms with van der Waals surface area (Å²) in [4.78, 5) is 4.20. The van der Waals surface area contributed by atoms with Gasteiger partial charge in [0.2, 0.25) is 0 Å². The Morgan fingerprint density at radius 2 is 1.75 bits per heavy atom. The van der Waals surface area contributed by atoms with Crippen LogP contribution in [0.4, 0.5) is 5.82 Å². The van der Waals surface area contributed by atoms with E-state index in [4.69, 9.17) is 5.73 Å². The van der Waals surface area contributed by atoms with Gasteiger partial charge in [0.15, 0.2) is 0 Å². The van der Waals surface area contributed by atoms with Crippen LogP contribution in [-0.2, 0) is 0 Å². The van der Waals surface area contributed by atoms with Crippen LogP contribution in [0.1, 0.15) is 16.7 Å². The fraction of sp³-hybridized carbons (Fsp3) is 0.214. The summed E-state index contributed by atoms with van der Waals surface area (Å²) in [7, 11) is 0. The van der Waals surface area contributed by atoms with Gasteiger partial charge in [-0.25, -0.2) is 4.98 Å². The Bertz CT molecular complexity index is 530. The second-order valence-corrected chi connectivity index (χ2v) is 4.24. The van der Waals surface area contributed by atoms with E-state index >= 15 is 0 Å². The van der Waals surface area contributed by atoms with Crippen LogP contribution in [0.25, 0.3) is 11.1 Å². The van der Waals surface area contributed by atoms with E-state index in [2.05, 4.69) is 43.1 Å². The molecule has 0 spiro atoms. The van der Waals surface area contributed by atoms with Crippen LogP contribution < -0.4 is 5.73 Å². The third kappa shape index (κ3) is 1.91. The maximum Gasteiger partial charge on any atom is 0.126 e. The lowest BCUT2D eigenvalue weighted by atomic mass is 9.99. The van der Waals surface area contributed by atoms with Gasteiger partial charge in [0.05, 0.1) is 0 Å². The molecule has 2 N–H and O–H groups in total. The van der Waals surface area contributed by atoms with Crippen molar-refractivity contribution < 1.29 is 0 Å². The summed E-state index contributed by atoms with van der Waals surface area (Å²) in [6.07, 6.45) is 1.84. The highest BCUT2D eigenvalue weighted by atomic mass is 14.8. The molecule has 0 saturated carbocycles. The summed E-state index contributed by atoms with van der Waals surface area (Å²) >= 11 is 0. The molecular weight excluding hydrogens is 196 g/mol. The van der Waals surface area contributed by atoms with Crippen molar-refractivity contribution in [3.8, 4) is 11.1 Å². The van der Waals surface area contributed by atoms with Crippen LogP contribution in [0.5, 0.6) is 0 Å². The molecule has 82 valence electrons. The Hall–Kier alpha value is -1.83. The molecule has 0 bridgehead atoms. The normalized spacial score (nSPS) is 10.4. The topological polar surface area (TPSA) is 38.9 Å². The Kier molecular flexibility index (Phi) is 2.65. The summed E-state index contributed by atoms with van der Waals surface area (Å²) in [5.74, 6) is 0.606. The van der Waals surface area contributed by atoms with Crippen LogP contribution in [-0.4, -0.2) is 4.98 Å². The number of aryl methyl sites for hydroxylation is 3. The van der Waals surface area contributed by atoms with E-state index in [0.717, 1.165) is 11.1 Å². The maximum atomic E-state index is 5.72. The van der Waals surface area contributed by atoms with Gasteiger partial charge in [0.1, 0.15) is 5.82 Å². The highest BCUT2D eigenvalue weighted by Gasteiger charge is 2.04. The lowest BCUT2D eigenvalue weighted by molar-refractivity contribution is 1.27. The maximum absolute atomic E-state index is 5.72. The zero-order chi connectivity index (χ0) is 11.7. The molecule has 2 heteroatoms. The van der Waals surface area contributed by atoms with E-state index in [0.29, 0.717) is 5.82 Å².